The number of carbonyl (C=O) groups excluding carboxylic acids is 1. The van der Waals surface area contributed by atoms with E-state index in [9.17, 15) is 4.79 Å². The monoisotopic (exact) mass is 463 g/mol. The van der Waals surface area contributed by atoms with Gasteiger partial charge in [0.2, 0.25) is 5.91 Å². The van der Waals surface area contributed by atoms with E-state index in [0.29, 0.717) is 5.92 Å². The second kappa shape index (κ2) is 10.6. The lowest BCUT2D eigenvalue weighted by Crippen LogP contribution is -2.34. The zero-order chi connectivity index (χ0) is 24.0. The Balaban J connectivity index is 1.41. The molecule has 4 aromatic rings. The summed E-state index contributed by atoms with van der Waals surface area (Å²) < 4.78 is 0. The molecular formula is C29H29N5O. The Labute approximate surface area is 206 Å². The normalized spacial score (nSPS) is 16.1. The highest BCUT2D eigenvalue weighted by Gasteiger charge is 2.26. The summed E-state index contributed by atoms with van der Waals surface area (Å²) in [6, 6.07) is 22.5. The van der Waals surface area contributed by atoms with Gasteiger partial charge in [0.25, 0.3) is 0 Å². The molecule has 2 aromatic carbocycles. The molecule has 1 atom stereocenters. The molecule has 1 saturated heterocycles. The van der Waals surface area contributed by atoms with Crippen LogP contribution in [-0.4, -0.2) is 38.8 Å². The van der Waals surface area contributed by atoms with Crippen molar-refractivity contribution in [3.8, 4) is 22.5 Å². The summed E-state index contributed by atoms with van der Waals surface area (Å²) in [7, 11) is 0. The standard InChI is InChI=1S/C29H29N5O/c1-21(35)32-26-11-9-22(10-12-26)19-34-17-5-8-25(20-34)28-27(23-6-3-2-4-7-23)18-31-29(33-28)24-13-15-30-16-14-24/h2-4,6-7,9-16,18,25H,5,8,17,19-20H2,1H3,(H,32,35)/t25-/m0/s1. The first-order valence-electron chi connectivity index (χ1n) is 12.1. The number of hydrogen-bond acceptors (Lipinski definition) is 5. The topological polar surface area (TPSA) is 71.0 Å². The van der Waals surface area contributed by atoms with Crippen LogP contribution >= 0.6 is 0 Å². The van der Waals surface area contributed by atoms with Crippen LogP contribution in [0.2, 0.25) is 0 Å². The summed E-state index contributed by atoms with van der Waals surface area (Å²) >= 11 is 0. The van der Waals surface area contributed by atoms with Gasteiger partial charge in [-0.2, -0.15) is 0 Å². The largest absolute Gasteiger partial charge is 0.326 e. The predicted molar refractivity (Wildman–Crippen MR) is 139 cm³/mol. The summed E-state index contributed by atoms with van der Waals surface area (Å²) in [5, 5.41) is 2.83. The molecule has 0 bridgehead atoms. The first-order valence-corrected chi connectivity index (χ1v) is 12.1. The van der Waals surface area contributed by atoms with Crippen LogP contribution in [0.25, 0.3) is 22.5 Å². The van der Waals surface area contributed by atoms with Gasteiger partial charge in [-0.1, -0.05) is 42.5 Å². The van der Waals surface area contributed by atoms with Gasteiger partial charge < -0.3 is 5.32 Å². The number of rotatable bonds is 6. The minimum atomic E-state index is -0.0539. The number of amides is 1. The van der Waals surface area contributed by atoms with Crippen molar-refractivity contribution in [1.82, 2.24) is 19.9 Å². The zero-order valence-electron chi connectivity index (χ0n) is 19.9. The maximum absolute atomic E-state index is 11.3. The molecule has 1 aliphatic heterocycles. The zero-order valence-corrected chi connectivity index (χ0v) is 19.9. The fourth-order valence-electron chi connectivity index (χ4n) is 4.76. The van der Waals surface area contributed by atoms with Crippen molar-refractivity contribution >= 4 is 11.6 Å². The number of piperidine rings is 1. The van der Waals surface area contributed by atoms with Gasteiger partial charge in [0.05, 0.1) is 5.69 Å². The summed E-state index contributed by atoms with van der Waals surface area (Å²) in [6.07, 6.45) is 7.77. The number of hydrogen-bond donors (Lipinski definition) is 1. The van der Waals surface area contributed by atoms with Crippen LogP contribution in [0.3, 0.4) is 0 Å². The van der Waals surface area contributed by atoms with Gasteiger partial charge in [0.15, 0.2) is 5.82 Å². The highest BCUT2D eigenvalue weighted by atomic mass is 16.1. The minimum Gasteiger partial charge on any atom is -0.326 e. The number of nitrogens with zero attached hydrogens (tertiary/aromatic N) is 4. The Bertz CT molecular complexity index is 1280. The molecule has 0 unspecified atom stereocenters. The molecule has 176 valence electrons. The van der Waals surface area contributed by atoms with Crippen LogP contribution in [0.15, 0.2) is 85.3 Å². The lowest BCUT2D eigenvalue weighted by molar-refractivity contribution is -0.114. The van der Waals surface area contributed by atoms with Crippen LogP contribution in [0.1, 0.15) is 36.9 Å². The highest BCUT2D eigenvalue weighted by Crippen LogP contribution is 2.34. The van der Waals surface area contributed by atoms with Crippen LogP contribution in [0.4, 0.5) is 5.69 Å². The fraction of sp³-hybridized carbons (Fsp3) is 0.241. The second-order valence-corrected chi connectivity index (χ2v) is 9.05. The molecular weight excluding hydrogens is 434 g/mol. The molecule has 1 N–H and O–H groups in total. The number of nitrogens with one attached hydrogen (secondary N) is 1. The van der Waals surface area contributed by atoms with Crippen molar-refractivity contribution in [1.29, 1.82) is 0 Å². The molecule has 2 aromatic heterocycles. The van der Waals surface area contributed by atoms with Gasteiger partial charge in [-0.25, -0.2) is 9.97 Å². The van der Waals surface area contributed by atoms with E-state index in [4.69, 9.17) is 9.97 Å². The van der Waals surface area contributed by atoms with Gasteiger partial charge in [0, 0.05) is 61.3 Å². The SMILES string of the molecule is CC(=O)Nc1ccc(CN2CCC[C@H](c3nc(-c4ccncc4)ncc3-c3ccccc3)C2)cc1. The van der Waals surface area contributed by atoms with Crippen molar-refractivity contribution in [2.75, 3.05) is 18.4 Å². The number of aromatic nitrogens is 3. The van der Waals surface area contributed by atoms with Crippen LogP contribution in [0.5, 0.6) is 0 Å². The van der Waals surface area contributed by atoms with Crippen molar-refractivity contribution in [3.05, 3.63) is 96.6 Å². The van der Waals surface area contributed by atoms with Crippen LogP contribution in [0, 0.1) is 0 Å². The third kappa shape index (κ3) is 5.61. The molecule has 0 radical (unpaired) electrons. The van der Waals surface area contributed by atoms with Gasteiger partial charge in [-0.05, 0) is 54.8 Å². The van der Waals surface area contributed by atoms with E-state index in [-0.39, 0.29) is 5.91 Å². The van der Waals surface area contributed by atoms with Gasteiger partial charge in [0.1, 0.15) is 0 Å². The quantitative estimate of drug-likeness (QED) is 0.406. The lowest BCUT2D eigenvalue weighted by Gasteiger charge is -2.33. The molecule has 6 heteroatoms. The molecule has 0 spiro atoms. The van der Waals surface area contributed by atoms with Crippen molar-refractivity contribution in [2.24, 2.45) is 0 Å². The number of likely N-dealkylation sites (tertiary alicyclic amines) is 1. The predicted octanol–water partition coefficient (Wildman–Crippen LogP) is 5.54. The second-order valence-electron chi connectivity index (χ2n) is 9.05. The van der Waals surface area contributed by atoms with Crippen molar-refractivity contribution < 1.29 is 4.79 Å². The minimum absolute atomic E-state index is 0.0539. The van der Waals surface area contributed by atoms with E-state index in [0.717, 1.165) is 66.4 Å². The fourth-order valence-corrected chi connectivity index (χ4v) is 4.76. The van der Waals surface area contributed by atoms with E-state index < -0.39 is 0 Å². The molecule has 1 fully saturated rings. The molecule has 6 nitrogen and oxygen atoms in total. The molecule has 0 aliphatic carbocycles. The van der Waals surface area contributed by atoms with Crippen LogP contribution < -0.4 is 5.32 Å². The molecule has 1 amide bonds. The van der Waals surface area contributed by atoms with Crippen molar-refractivity contribution in [3.63, 3.8) is 0 Å². The molecule has 0 saturated carbocycles. The van der Waals surface area contributed by atoms with E-state index in [2.05, 4.69) is 51.6 Å². The average Bonchev–Trinajstić information content (AvgIpc) is 2.90. The summed E-state index contributed by atoms with van der Waals surface area (Å²) in [6.45, 7) is 4.41. The Kier molecular flexibility index (Phi) is 6.91. The van der Waals surface area contributed by atoms with Crippen LogP contribution in [-0.2, 0) is 11.3 Å². The third-order valence-corrected chi connectivity index (χ3v) is 6.41. The lowest BCUT2D eigenvalue weighted by atomic mass is 9.89. The van der Waals surface area contributed by atoms with E-state index in [1.807, 2.05) is 36.5 Å². The van der Waals surface area contributed by atoms with E-state index in [1.165, 1.54) is 12.5 Å². The Morgan fingerprint density at radius 2 is 1.77 bits per heavy atom. The third-order valence-electron chi connectivity index (χ3n) is 6.41. The maximum atomic E-state index is 11.3. The van der Waals surface area contributed by atoms with Gasteiger partial charge in [-0.15, -0.1) is 0 Å². The maximum Gasteiger partial charge on any atom is 0.221 e. The summed E-state index contributed by atoms with van der Waals surface area (Å²) in [5.41, 5.74) is 6.42. The Morgan fingerprint density at radius 3 is 2.51 bits per heavy atom. The van der Waals surface area contributed by atoms with Gasteiger partial charge in [-0.3, -0.25) is 14.7 Å². The first kappa shape index (κ1) is 22.9. The molecule has 35 heavy (non-hydrogen) atoms. The van der Waals surface area contributed by atoms with Crippen molar-refractivity contribution in [2.45, 2.75) is 32.2 Å². The van der Waals surface area contributed by atoms with Gasteiger partial charge >= 0.3 is 0 Å². The average molecular weight is 464 g/mol. The first-order chi connectivity index (χ1) is 17.2. The molecule has 1 aliphatic rings. The summed E-state index contributed by atoms with van der Waals surface area (Å²) in [5.74, 6) is 1.01. The van der Waals surface area contributed by atoms with E-state index >= 15 is 0 Å². The molecule has 3 heterocycles. The number of pyridine rings is 1. The Morgan fingerprint density at radius 1 is 1.00 bits per heavy atom. The smallest absolute Gasteiger partial charge is 0.221 e. The number of carbonyl (C=O) groups is 1. The number of anilines is 1. The highest BCUT2D eigenvalue weighted by molar-refractivity contribution is 5.88. The number of benzene rings is 2. The molecule has 5 rings (SSSR count). The summed E-state index contributed by atoms with van der Waals surface area (Å²) in [4.78, 5) is 27.8. The van der Waals surface area contributed by atoms with E-state index in [1.54, 1.807) is 12.4 Å². The Hall–Kier alpha value is -3.90.